The Morgan fingerprint density at radius 2 is 2.10 bits per heavy atom. The van der Waals surface area contributed by atoms with E-state index in [9.17, 15) is 4.79 Å². The zero-order chi connectivity index (χ0) is 15.6. The third-order valence-corrected chi connectivity index (χ3v) is 4.46. The lowest BCUT2D eigenvalue weighted by atomic mass is 10.0. The van der Waals surface area contributed by atoms with Crippen LogP contribution in [-0.2, 0) is 0 Å². The summed E-state index contributed by atoms with van der Waals surface area (Å²) in [6, 6.07) is 4.35. The minimum absolute atomic E-state index is 0.0119. The molecule has 0 aliphatic carbocycles. The maximum absolute atomic E-state index is 12.3. The molecule has 3 N–H and O–H groups in total. The highest BCUT2D eigenvalue weighted by Gasteiger charge is 2.24. The van der Waals surface area contributed by atoms with E-state index >= 15 is 0 Å². The number of likely N-dealkylation sites (tertiary alicyclic amines) is 1. The quantitative estimate of drug-likeness (QED) is 0.837. The lowest BCUT2D eigenvalue weighted by Gasteiger charge is -2.20. The number of aryl methyl sites for hydroxylation is 2. The summed E-state index contributed by atoms with van der Waals surface area (Å²) in [4.78, 5) is 14.8. The van der Waals surface area contributed by atoms with Gasteiger partial charge in [-0.1, -0.05) is 6.07 Å². The molecule has 1 heterocycles. The SMILES string of the molecule is Cc1cc(C)c(C(=O)NCC2CCN(C(C)C)C2)cc1N. The Balaban J connectivity index is 1.92. The van der Waals surface area contributed by atoms with E-state index in [0.717, 1.165) is 37.2 Å². The molecule has 1 fully saturated rings. The van der Waals surface area contributed by atoms with Crippen molar-refractivity contribution in [2.24, 2.45) is 5.92 Å². The van der Waals surface area contributed by atoms with E-state index in [4.69, 9.17) is 5.73 Å². The zero-order valence-electron chi connectivity index (χ0n) is 13.6. The molecule has 2 rings (SSSR count). The highest BCUT2D eigenvalue weighted by Crippen LogP contribution is 2.19. The fourth-order valence-corrected chi connectivity index (χ4v) is 2.94. The van der Waals surface area contributed by atoms with Crippen molar-refractivity contribution in [3.05, 3.63) is 28.8 Å². The molecule has 1 amide bonds. The van der Waals surface area contributed by atoms with Crippen LogP contribution in [0.4, 0.5) is 5.69 Å². The monoisotopic (exact) mass is 289 g/mol. The second kappa shape index (κ2) is 6.48. The van der Waals surface area contributed by atoms with Crippen molar-refractivity contribution in [1.82, 2.24) is 10.2 Å². The molecule has 4 nitrogen and oxygen atoms in total. The van der Waals surface area contributed by atoms with E-state index in [0.29, 0.717) is 23.2 Å². The molecular formula is C17H27N3O. The molecule has 1 atom stereocenters. The first-order valence-electron chi connectivity index (χ1n) is 7.77. The van der Waals surface area contributed by atoms with Gasteiger partial charge in [-0.15, -0.1) is 0 Å². The van der Waals surface area contributed by atoms with Gasteiger partial charge in [-0.2, -0.15) is 0 Å². The number of nitrogens with one attached hydrogen (secondary N) is 1. The summed E-state index contributed by atoms with van der Waals surface area (Å²) in [5.41, 5.74) is 9.28. The van der Waals surface area contributed by atoms with Crippen molar-refractivity contribution in [1.29, 1.82) is 0 Å². The second-order valence-corrected chi connectivity index (χ2v) is 6.48. The first kappa shape index (κ1) is 15.8. The number of carbonyl (C=O) groups excluding carboxylic acids is 1. The largest absolute Gasteiger partial charge is 0.398 e. The van der Waals surface area contributed by atoms with Crippen molar-refractivity contribution in [2.75, 3.05) is 25.4 Å². The molecule has 0 bridgehead atoms. The normalized spacial score (nSPS) is 19.2. The van der Waals surface area contributed by atoms with Crippen molar-refractivity contribution < 1.29 is 4.79 Å². The smallest absolute Gasteiger partial charge is 0.251 e. The van der Waals surface area contributed by atoms with Crippen LogP contribution in [0.15, 0.2) is 12.1 Å². The summed E-state index contributed by atoms with van der Waals surface area (Å²) in [7, 11) is 0. The van der Waals surface area contributed by atoms with Gasteiger partial charge < -0.3 is 16.0 Å². The minimum Gasteiger partial charge on any atom is -0.398 e. The number of rotatable bonds is 4. The molecule has 21 heavy (non-hydrogen) atoms. The third kappa shape index (κ3) is 3.76. The average molecular weight is 289 g/mol. The number of nitrogens with zero attached hydrogens (tertiary/aromatic N) is 1. The Morgan fingerprint density at radius 3 is 2.71 bits per heavy atom. The molecule has 1 aromatic rings. The topological polar surface area (TPSA) is 58.4 Å². The van der Waals surface area contributed by atoms with Crippen molar-refractivity contribution >= 4 is 11.6 Å². The van der Waals surface area contributed by atoms with E-state index in [-0.39, 0.29) is 5.91 Å². The highest BCUT2D eigenvalue weighted by molar-refractivity contribution is 5.96. The molecule has 0 radical (unpaired) electrons. The summed E-state index contributed by atoms with van der Waals surface area (Å²) < 4.78 is 0. The number of nitrogens with two attached hydrogens (primary N) is 1. The van der Waals surface area contributed by atoms with Crippen molar-refractivity contribution in [3.8, 4) is 0 Å². The van der Waals surface area contributed by atoms with E-state index in [2.05, 4.69) is 24.1 Å². The third-order valence-electron chi connectivity index (χ3n) is 4.46. The number of hydrogen-bond acceptors (Lipinski definition) is 3. The Hall–Kier alpha value is -1.55. The number of carbonyl (C=O) groups is 1. The maximum Gasteiger partial charge on any atom is 0.251 e. The Morgan fingerprint density at radius 1 is 1.38 bits per heavy atom. The summed E-state index contributed by atoms with van der Waals surface area (Å²) in [6.07, 6.45) is 1.16. The molecule has 0 aromatic heterocycles. The predicted octanol–water partition coefficient (Wildman–Crippen LogP) is 2.35. The number of amides is 1. The molecular weight excluding hydrogens is 262 g/mol. The Kier molecular flexibility index (Phi) is 4.88. The molecule has 0 spiro atoms. The van der Waals surface area contributed by atoms with E-state index in [1.807, 2.05) is 19.9 Å². The Labute approximate surface area is 127 Å². The fraction of sp³-hybridized carbons (Fsp3) is 0.588. The van der Waals surface area contributed by atoms with Gasteiger partial charge in [0.15, 0.2) is 0 Å². The minimum atomic E-state index is -0.0119. The van der Waals surface area contributed by atoms with Crippen LogP contribution in [0.1, 0.15) is 41.8 Å². The Bertz CT molecular complexity index is 525. The average Bonchev–Trinajstić information content (AvgIpc) is 2.89. The van der Waals surface area contributed by atoms with Crippen LogP contribution in [0.3, 0.4) is 0 Å². The summed E-state index contributed by atoms with van der Waals surface area (Å²) in [5.74, 6) is 0.543. The van der Waals surface area contributed by atoms with E-state index < -0.39 is 0 Å². The molecule has 1 unspecified atom stereocenters. The van der Waals surface area contributed by atoms with Gasteiger partial charge in [-0.3, -0.25) is 4.79 Å². The van der Waals surface area contributed by atoms with E-state index in [1.165, 1.54) is 0 Å². The molecule has 0 saturated carbocycles. The van der Waals surface area contributed by atoms with Crippen LogP contribution in [0, 0.1) is 19.8 Å². The second-order valence-electron chi connectivity index (χ2n) is 6.48. The number of hydrogen-bond donors (Lipinski definition) is 2. The van der Waals surface area contributed by atoms with Gasteiger partial charge in [0.05, 0.1) is 0 Å². The van der Waals surface area contributed by atoms with Crippen LogP contribution in [0.25, 0.3) is 0 Å². The summed E-state index contributed by atoms with van der Waals surface area (Å²) in [6.45, 7) is 11.3. The molecule has 116 valence electrons. The van der Waals surface area contributed by atoms with Gasteiger partial charge in [-0.25, -0.2) is 0 Å². The maximum atomic E-state index is 12.3. The van der Waals surface area contributed by atoms with Gasteiger partial charge in [0.25, 0.3) is 5.91 Å². The van der Waals surface area contributed by atoms with Crippen LogP contribution in [0.5, 0.6) is 0 Å². The fourth-order valence-electron chi connectivity index (χ4n) is 2.94. The molecule has 4 heteroatoms. The summed E-state index contributed by atoms with van der Waals surface area (Å²) >= 11 is 0. The first-order valence-corrected chi connectivity index (χ1v) is 7.77. The number of anilines is 1. The standard InChI is InChI=1S/C17H27N3O/c1-11(2)20-6-5-14(10-20)9-19-17(21)15-8-16(18)13(4)7-12(15)3/h7-8,11,14H,5-6,9-10,18H2,1-4H3,(H,19,21). The van der Waals surface area contributed by atoms with Gasteiger partial charge in [0, 0.05) is 30.4 Å². The number of benzene rings is 1. The van der Waals surface area contributed by atoms with Gasteiger partial charge in [0.2, 0.25) is 0 Å². The van der Waals surface area contributed by atoms with Crippen LogP contribution in [0.2, 0.25) is 0 Å². The summed E-state index contributed by atoms with van der Waals surface area (Å²) in [5, 5.41) is 3.07. The van der Waals surface area contributed by atoms with Crippen LogP contribution >= 0.6 is 0 Å². The lowest BCUT2D eigenvalue weighted by molar-refractivity contribution is 0.0946. The highest BCUT2D eigenvalue weighted by atomic mass is 16.1. The van der Waals surface area contributed by atoms with Crippen molar-refractivity contribution in [2.45, 2.75) is 40.2 Å². The zero-order valence-corrected chi connectivity index (χ0v) is 13.6. The van der Waals surface area contributed by atoms with Crippen LogP contribution < -0.4 is 11.1 Å². The molecule has 1 aliphatic rings. The first-order chi connectivity index (χ1) is 9.88. The van der Waals surface area contributed by atoms with Crippen molar-refractivity contribution in [3.63, 3.8) is 0 Å². The molecule has 1 aliphatic heterocycles. The van der Waals surface area contributed by atoms with Crippen LogP contribution in [-0.4, -0.2) is 36.5 Å². The van der Waals surface area contributed by atoms with E-state index in [1.54, 1.807) is 6.07 Å². The van der Waals surface area contributed by atoms with Gasteiger partial charge >= 0.3 is 0 Å². The molecule has 1 saturated heterocycles. The number of nitrogen functional groups attached to an aromatic ring is 1. The van der Waals surface area contributed by atoms with Gasteiger partial charge in [-0.05, 0) is 63.8 Å². The lowest BCUT2D eigenvalue weighted by Crippen LogP contribution is -2.33. The predicted molar refractivity (Wildman–Crippen MR) is 87.5 cm³/mol. The molecule has 1 aromatic carbocycles. The van der Waals surface area contributed by atoms with Gasteiger partial charge in [0.1, 0.15) is 0 Å².